The Kier molecular flexibility index (Phi) is 5.01. The number of rotatable bonds is 8. The smallest absolute Gasteiger partial charge is 0.185 e. The molecule has 4 heteroatoms. The topological polar surface area (TPSA) is 28.2 Å². The molecular formula is C14H25N3S. The van der Waals surface area contributed by atoms with Gasteiger partial charge in [-0.2, -0.15) is 0 Å². The Morgan fingerprint density at radius 1 is 1.50 bits per heavy atom. The first kappa shape index (κ1) is 13.8. The van der Waals surface area contributed by atoms with Crippen LogP contribution in [-0.4, -0.2) is 23.6 Å². The lowest BCUT2D eigenvalue weighted by atomic mass is 10.3. The number of hydrogen-bond donors (Lipinski definition) is 1. The molecule has 0 aliphatic heterocycles. The summed E-state index contributed by atoms with van der Waals surface area (Å²) in [5.74, 6) is 0. The minimum atomic E-state index is 0.537. The molecule has 1 fully saturated rings. The molecule has 18 heavy (non-hydrogen) atoms. The molecule has 1 saturated carbocycles. The zero-order valence-corrected chi connectivity index (χ0v) is 12.6. The van der Waals surface area contributed by atoms with Gasteiger partial charge in [-0.05, 0) is 19.3 Å². The highest BCUT2D eigenvalue weighted by atomic mass is 32.1. The van der Waals surface area contributed by atoms with Crippen LogP contribution in [0.1, 0.15) is 51.3 Å². The second kappa shape index (κ2) is 6.53. The first-order valence-electron chi connectivity index (χ1n) is 7.15. The van der Waals surface area contributed by atoms with Gasteiger partial charge in [-0.25, -0.2) is 4.98 Å². The van der Waals surface area contributed by atoms with Crippen molar-refractivity contribution in [2.24, 2.45) is 0 Å². The molecule has 0 unspecified atom stereocenters. The van der Waals surface area contributed by atoms with Gasteiger partial charge in [0.2, 0.25) is 0 Å². The standard InChI is InChI=1S/C14H25N3S/c1-4-5-8-17(12-6-7-12)14-16-10-13(18-14)9-15-11(2)3/h10-12,15H,4-9H2,1-3H3. The molecule has 0 aromatic carbocycles. The zero-order chi connectivity index (χ0) is 13.0. The van der Waals surface area contributed by atoms with Crippen molar-refractivity contribution < 1.29 is 0 Å². The van der Waals surface area contributed by atoms with E-state index in [0.29, 0.717) is 6.04 Å². The maximum atomic E-state index is 4.61. The molecule has 0 atom stereocenters. The van der Waals surface area contributed by atoms with Crippen LogP contribution in [0.25, 0.3) is 0 Å². The predicted molar refractivity (Wildman–Crippen MR) is 79.4 cm³/mol. The third-order valence-corrected chi connectivity index (χ3v) is 4.25. The third kappa shape index (κ3) is 3.95. The first-order valence-corrected chi connectivity index (χ1v) is 7.97. The van der Waals surface area contributed by atoms with Crippen LogP contribution >= 0.6 is 11.3 Å². The second-order valence-corrected chi connectivity index (χ2v) is 6.52. The predicted octanol–water partition coefficient (Wildman–Crippen LogP) is 3.41. The molecule has 102 valence electrons. The van der Waals surface area contributed by atoms with Crippen molar-refractivity contribution in [3.05, 3.63) is 11.1 Å². The molecule has 1 heterocycles. The molecule has 1 aromatic heterocycles. The molecule has 1 aromatic rings. The van der Waals surface area contributed by atoms with E-state index in [1.807, 2.05) is 17.5 Å². The van der Waals surface area contributed by atoms with Crippen molar-refractivity contribution in [3.63, 3.8) is 0 Å². The van der Waals surface area contributed by atoms with Crippen molar-refractivity contribution in [1.29, 1.82) is 0 Å². The van der Waals surface area contributed by atoms with E-state index in [1.165, 1.54) is 42.2 Å². The maximum Gasteiger partial charge on any atom is 0.185 e. The van der Waals surface area contributed by atoms with Gasteiger partial charge in [0.25, 0.3) is 0 Å². The minimum absolute atomic E-state index is 0.537. The minimum Gasteiger partial charge on any atom is -0.345 e. The number of nitrogens with one attached hydrogen (secondary N) is 1. The van der Waals surface area contributed by atoms with E-state index in [0.717, 1.165) is 12.6 Å². The Labute approximate surface area is 115 Å². The SMILES string of the molecule is CCCCN(c1ncc(CNC(C)C)s1)C1CC1. The lowest BCUT2D eigenvalue weighted by Gasteiger charge is -2.20. The highest BCUT2D eigenvalue weighted by Gasteiger charge is 2.30. The number of unbranched alkanes of at least 4 members (excludes halogenated alkanes) is 1. The average Bonchev–Trinajstić information content (AvgIpc) is 3.06. The van der Waals surface area contributed by atoms with Gasteiger partial charge in [0.15, 0.2) is 5.13 Å². The average molecular weight is 267 g/mol. The van der Waals surface area contributed by atoms with Gasteiger partial charge in [-0.15, -0.1) is 11.3 Å². The second-order valence-electron chi connectivity index (χ2n) is 5.42. The summed E-state index contributed by atoms with van der Waals surface area (Å²) in [5.41, 5.74) is 0. The summed E-state index contributed by atoms with van der Waals surface area (Å²) < 4.78 is 0. The Morgan fingerprint density at radius 2 is 2.28 bits per heavy atom. The number of anilines is 1. The fraction of sp³-hybridized carbons (Fsp3) is 0.786. The lowest BCUT2D eigenvalue weighted by Crippen LogP contribution is -2.26. The molecule has 0 saturated heterocycles. The van der Waals surface area contributed by atoms with Crippen LogP contribution in [0.15, 0.2) is 6.20 Å². The van der Waals surface area contributed by atoms with Gasteiger partial charge in [-0.1, -0.05) is 27.2 Å². The summed E-state index contributed by atoms with van der Waals surface area (Å²) in [6, 6.07) is 1.31. The van der Waals surface area contributed by atoms with Crippen LogP contribution in [0.4, 0.5) is 5.13 Å². The highest BCUT2D eigenvalue weighted by molar-refractivity contribution is 7.15. The van der Waals surface area contributed by atoms with Crippen molar-refractivity contribution in [1.82, 2.24) is 10.3 Å². The normalized spacial score (nSPS) is 15.3. The summed E-state index contributed by atoms with van der Waals surface area (Å²) in [7, 11) is 0. The first-order chi connectivity index (χ1) is 8.70. The molecule has 1 N–H and O–H groups in total. The number of thiazole rings is 1. The van der Waals surface area contributed by atoms with Crippen LogP contribution < -0.4 is 10.2 Å². The van der Waals surface area contributed by atoms with Gasteiger partial charge in [0.1, 0.15) is 0 Å². The molecule has 3 nitrogen and oxygen atoms in total. The third-order valence-electron chi connectivity index (χ3n) is 3.21. The van der Waals surface area contributed by atoms with E-state index in [-0.39, 0.29) is 0 Å². The summed E-state index contributed by atoms with van der Waals surface area (Å²) in [6.07, 6.45) is 7.27. The highest BCUT2D eigenvalue weighted by Crippen LogP contribution is 2.34. The number of nitrogens with zero attached hydrogens (tertiary/aromatic N) is 2. The van der Waals surface area contributed by atoms with Crippen molar-refractivity contribution >= 4 is 16.5 Å². The fourth-order valence-electron chi connectivity index (χ4n) is 1.97. The molecule has 0 amide bonds. The van der Waals surface area contributed by atoms with Crippen molar-refractivity contribution in [3.8, 4) is 0 Å². The monoisotopic (exact) mass is 267 g/mol. The van der Waals surface area contributed by atoms with Crippen LogP contribution in [0, 0.1) is 0 Å². The van der Waals surface area contributed by atoms with Gasteiger partial charge in [0, 0.05) is 36.2 Å². The molecular weight excluding hydrogens is 242 g/mol. The quantitative estimate of drug-likeness (QED) is 0.782. The molecule has 1 aliphatic rings. The van der Waals surface area contributed by atoms with Gasteiger partial charge < -0.3 is 10.2 Å². The molecule has 0 spiro atoms. The van der Waals surface area contributed by atoms with Gasteiger partial charge in [0.05, 0.1) is 0 Å². The van der Waals surface area contributed by atoms with E-state index in [2.05, 4.69) is 36.0 Å². The van der Waals surface area contributed by atoms with E-state index < -0.39 is 0 Å². The number of hydrogen-bond acceptors (Lipinski definition) is 4. The maximum absolute atomic E-state index is 4.61. The Hall–Kier alpha value is -0.610. The van der Waals surface area contributed by atoms with Gasteiger partial charge >= 0.3 is 0 Å². The van der Waals surface area contributed by atoms with Crippen molar-refractivity contribution in [2.45, 2.75) is 65.1 Å². The lowest BCUT2D eigenvalue weighted by molar-refractivity contribution is 0.593. The van der Waals surface area contributed by atoms with Crippen LogP contribution in [-0.2, 0) is 6.54 Å². The fourth-order valence-corrected chi connectivity index (χ4v) is 2.92. The Morgan fingerprint density at radius 3 is 2.89 bits per heavy atom. The Bertz CT molecular complexity index is 358. The van der Waals surface area contributed by atoms with E-state index in [1.54, 1.807) is 0 Å². The Balaban J connectivity index is 1.93. The summed E-state index contributed by atoms with van der Waals surface area (Å²) in [4.78, 5) is 8.48. The van der Waals surface area contributed by atoms with Crippen LogP contribution in [0.3, 0.4) is 0 Å². The van der Waals surface area contributed by atoms with E-state index in [4.69, 9.17) is 0 Å². The summed E-state index contributed by atoms with van der Waals surface area (Å²) in [6.45, 7) is 8.73. The molecule has 1 aliphatic carbocycles. The summed E-state index contributed by atoms with van der Waals surface area (Å²) in [5, 5.41) is 4.68. The number of aromatic nitrogens is 1. The largest absolute Gasteiger partial charge is 0.345 e. The van der Waals surface area contributed by atoms with Crippen molar-refractivity contribution in [2.75, 3.05) is 11.4 Å². The van der Waals surface area contributed by atoms with Crippen LogP contribution in [0.5, 0.6) is 0 Å². The molecule has 2 rings (SSSR count). The van der Waals surface area contributed by atoms with E-state index in [9.17, 15) is 0 Å². The van der Waals surface area contributed by atoms with Crippen LogP contribution in [0.2, 0.25) is 0 Å². The molecule has 0 bridgehead atoms. The van der Waals surface area contributed by atoms with Gasteiger partial charge in [-0.3, -0.25) is 0 Å². The zero-order valence-electron chi connectivity index (χ0n) is 11.8. The molecule has 0 radical (unpaired) electrons. The van der Waals surface area contributed by atoms with E-state index >= 15 is 0 Å². The summed E-state index contributed by atoms with van der Waals surface area (Å²) >= 11 is 1.85.